The third-order valence-electron chi connectivity index (χ3n) is 4.58. The van der Waals surface area contributed by atoms with Crippen molar-refractivity contribution in [3.05, 3.63) is 23.8 Å². The summed E-state index contributed by atoms with van der Waals surface area (Å²) in [6.07, 6.45) is 5.59. The minimum Gasteiger partial charge on any atom is -0.493 e. The molecule has 0 aromatic heterocycles. The van der Waals surface area contributed by atoms with Crippen LogP contribution in [-0.2, 0) is 6.54 Å². The van der Waals surface area contributed by atoms with Gasteiger partial charge >= 0.3 is 0 Å². The number of nitrogens with one attached hydrogen (secondary N) is 1. The number of ether oxygens (including phenoxy) is 2. The van der Waals surface area contributed by atoms with Crippen LogP contribution in [0.4, 0.5) is 0 Å². The predicted molar refractivity (Wildman–Crippen MR) is 87.0 cm³/mol. The van der Waals surface area contributed by atoms with Crippen molar-refractivity contribution >= 4 is 0 Å². The van der Waals surface area contributed by atoms with Crippen molar-refractivity contribution in [1.82, 2.24) is 5.32 Å². The van der Waals surface area contributed by atoms with Crippen LogP contribution in [0, 0.1) is 5.41 Å². The molecule has 0 spiro atoms. The van der Waals surface area contributed by atoms with Gasteiger partial charge in [0.1, 0.15) is 0 Å². The maximum Gasteiger partial charge on any atom is 0.161 e. The molecule has 3 nitrogen and oxygen atoms in total. The second-order valence-electron chi connectivity index (χ2n) is 6.46. The maximum absolute atomic E-state index is 5.75. The lowest BCUT2D eigenvalue weighted by Gasteiger charge is -2.41. The van der Waals surface area contributed by atoms with Crippen LogP contribution in [0.3, 0.4) is 0 Å². The van der Waals surface area contributed by atoms with E-state index in [0.29, 0.717) is 5.41 Å². The third-order valence-corrected chi connectivity index (χ3v) is 4.58. The lowest BCUT2D eigenvalue weighted by Crippen LogP contribution is -2.39. The largest absolute Gasteiger partial charge is 0.493 e. The van der Waals surface area contributed by atoms with E-state index in [1.807, 2.05) is 19.9 Å². The molecule has 0 radical (unpaired) electrons. The first kappa shape index (κ1) is 16.2. The average Bonchev–Trinajstić information content (AvgIpc) is 2.42. The molecule has 1 aliphatic carbocycles. The maximum atomic E-state index is 5.75. The van der Waals surface area contributed by atoms with Gasteiger partial charge in [-0.3, -0.25) is 0 Å². The van der Waals surface area contributed by atoms with Crippen LogP contribution in [0.1, 0.15) is 52.0 Å². The van der Waals surface area contributed by atoms with E-state index in [9.17, 15) is 0 Å². The Morgan fingerprint density at radius 3 is 2.52 bits per heavy atom. The number of hydrogen-bond acceptors (Lipinski definition) is 3. The van der Waals surface area contributed by atoms with Crippen LogP contribution in [0.25, 0.3) is 0 Å². The second kappa shape index (κ2) is 7.17. The van der Waals surface area contributed by atoms with Crippen LogP contribution in [0.5, 0.6) is 11.5 Å². The van der Waals surface area contributed by atoms with Crippen molar-refractivity contribution in [3.8, 4) is 11.5 Å². The quantitative estimate of drug-likeness (QED) is 0.780. The summed E-state index contributed by atoms with van der Waals surface area (Å²) in [5.74, 6) is 1.64. The Morgan fingerprint density at radius 2 is 2.00 bits per heavy atom. The second-order valence-corrected chi connectivity index (χ2v) is 6.46. The molecule has 0 saturated heterocycles. The number of hydrogen-bond donors (Lipinski definition) is 1. The first-order chi connectivity index (χ1) is 10.1. The lowest BCUT2D eigenvalue weighted by molar-refractivity contribution is 0.124. The molecule has 1 aromatic carbocycles. The first-order valence-electron chi connectivity index (χ1n) is 8.13. The van der Waals surface area contributed by atoms with Crippen molar-refractivity contribution in [1.29, 1.82) is 0 Å². The smallest absolute Gasteiger partial charge is 0.161 e. The molecule has 1 aromatic rings. The summed E-state index contributed by atoms with van der Waals surface area (Å²) in [6.45, 7) is 8.37. The molecule has 0 atom stereocenters. The van der Waals surface area contributed by atoms with Crippen LogP contribution >= 0.6 is 0 Å². The number of rotatable bonds is 8. The Hall–Kier alpha value is -1.22. The van der Waals surface area contributed by atoms with Gasteiger partial charge in [-0.2, -0.15) is 0 Å². The molecule has 1 N–H and O–H groups in total. The van der Waals surface area contributed by atoms with Crippen LogP contribution < -0.4 is 14.8 Å². The molecule has 0 heterocycles. The highest BCUT2D eigenvalue weighted by molar-refractivity contribution is 5.43. The molecule has 1 aliphatic rings. The van der Waals surface area contributed by atoms with Gasteiger partial charge in [-0.25, -0.2) is 0 Å². The van der Waals surface area contributed by atoms with E-state index in [-0.39, 0.29) is 6.10 Å². The molecule has 2 rings (SSSR count). The van der Waals surface area contributed by atoms with Crippen LogP contribution in [-0.4, -0.2) is 19.8 Å². The molecular weight excluding hydrogens is 262 g/mol. The lowest BCUT2D eigenvalue weighted by atomic mass is 9.67. The minimum absolute atomic E-state index is 0.158. The zero-order chi connectivity index (χ0) is 15.3. The van der Waals surface area contributed by atoms with E-state index in [1.54, 1.807) is 7.11 Å². The van der Waals surface area contributed by atoms with Crippen molar-refractivity contribution in [2.75, 3.05) is 13.7 Å². The summed E-state index contributed by atoms with van der Waals surface area (Å²) in [6, 6.07) is 6.20. The molecule has 118 valence electrons. The van der Waals surface area contributed by atoms with Crippen molar-refractivity contribution in [2.24, 2.45) is 5.41 Å². The fraction of sp³-hybridized carbons (Fsp3) is 0.667. The standard InChI is InChI=1S/C18H29NO2/c1-5-18(9-6-10-18)13-19-12-15-7-8-16(21-14(2)3)17(11-15)20-4/h7-8,11,14,19H,5-6,9-10,12-13H2,1-4H3. The Labute approximate surface area is 129 Å². The SMILES string of the molecule is CCC1(CNCc2ccc(OC(C)C)c(OC)c2)CCC1. The third kappa shape index (κ3) is 4.13. The van der Waals surface area contributed by atoms with E-state index in [2.05, 4.69) is 24.4 Å². The molecule has 0 bridgehead atoms. The highest BCUT2D eigenvalue weighted by Gasteiger charge is 2.34. The first-order valence-corrected chi connectivity index (χ1v) is 8.13. The molecular formula is C18H29NO2. The van der Waals surface area contributed by atoms with Gasteiger partial charge in [0, 0.05) is 13.1 Å². The summed E-state index contributed by atoms with van der Waals surface area (Å²) < 4.78 is 11.2. The molecule has 0 unspecified atom stereocenters. The van der Waals surface area contributed by atoms with E-state index in [1.165, 1.54) is 31.2 Å². The van der Waals surface area contributed by atoms with Gasteiger partial charge in [0.25, 0.3) is 0 Å². The van der Waals surface area contributed by atoms with Crippen molar-refractivity contribution < 1.29 is 9.47 Å². The van der Waals surface area contributed by atoms with E-state index < -0.39 is 0 Å². The van der Waals surface area contributed by atoms with Gasteiger partial charge in [0.2, 0.25) is 0 Å². The predicted octanol–water partition coefficient (Wildman–Crippen LogP) is 4.15. The van der Waals surface area contributed by atoms with Crippen LogP contribution in [0.15, 0.2) is 18.2 Å². The van der Waals surface area contributed by atoms with E-state index >= 15 is 0 Å². The van der Waals surface area contributed by atoms with Gasteiger partial charge in [-0.15, -0.1) is 0 Å². The van der Waals surface area contributed by atoms with Crippen molar-refractivity contribution in [2.45, 2.75) is 59.1 Å². The summed E-state index contributed by atoms with van der Waals surface area (Å²) in [4.78, 5) is 0. The fourth-order valence-electron chi connectivity index (χ4n) is 2.98. The van der Waals surface area contributed by atoms with Crippen molar-refractivity contribution in [3.63, 3.8) is 0 Å². The zero-order valence-corrected chi connectivity index (χ0v) is 13.9. The molecule has 21 heavy (non-hydrogen) atoms. The van der Waals surface area contributed by atoms with Gasteiger partial charge in [-0.1, -0.05) is 19.4 Å². The van der Waals surface area contributed by atoms with Gasteiger partial charge in [-0.05, 0) is 56.2 Å². The molecule has 0 aliphatic heterocycles. The Morgan fingerprint density at radius 1 is 1.24 bits per heavy atom. The number of benzene rings is 1. The fourth-order valence-corrected chi connectivity index (χ4v) is 2.98. The van der Waals surface area contributed by atoms with Gasteiger partial charge < -0.3 is 14.8 Å². The van der Waals surface area contributed by atoms with Crippen LogP contribution in [0.2, 0.25) is 0 Å². The van der Waals surface area contributed by atoms with E-state index in [4.69, 9.17) is 9.47 Å². The molecule has 1 fully saturated rings. The summed E-state index contributed by atoms with van der Waals surface area (Å²) in [5, 5.41) is 3.61. The monoisotopic (exact) mass is 291 g/mol. The van der Waals surface area contributed by atoms with Gasteiger partial charge in [0.15, 0.2) is 11.5 Å². The molecule has 0 amide bonds. The minimum atomic E-state index is 0.158. The topological polar surface area (TPSA) is 30.5 Å². The van der Waals surface area contributed by atoms with Gasteiger partial charge in [0.05, 0.1) is 13.2 Å². The Kier molecular flexibility index (Phi) is 5.51. The van der Waals surface area contributed by atoms with E-state index in [0.717, 1.165) is 24.6 Å². The highest BCUT2D eigenvalue weighted by Crippen LogP contribution is 2.43. The summed E-state index contributed by atoms with van der Waals surface area (Å²) >= 11 is 0. The summed E-state index contributed by atoms with van der Waals surface area (Å²) in [7, 11) is 1.69. The summed E-state index contributed by atoms with van der Waals surface area (Å²) in [5.41, 5.74) is 1.80. The zero-order valence-electron chi connectivity index (χ0n) is 13.9. The number of methoxy groups -OCH3 is 1. The normalized spacial score (nSPS) is 16.6. The molecule has 3 heteroatoms. The highest BCUT2D eigenvalue weighted by atomic mass is 16.5. The Bertz CT molecular complexity index is 447. The average molecular weight is 291 g/mol. The Balaban J connectivity index is 1.91. The molecule has 1 saturated carbocycles.